The highest BCUT2D eigenvalue weighted by Crippen LogP contribution is 2.69. The molecule has 49 heavy (non-hydrogen) atoms. The fourth-order valence-corrected chi connectivity index (χ4v) is 11.5. The molecule has 0 radical (unpaired) electrons. The molecule has 4 aliphatic carbocycles. The summed E-state index contributed by atoms with van der Waals surface area (Å²) < 4.78 is 18.7. The fourth-order valence-electron chi connectivity index (χ4n) is 11.5. The van der Waals surface area contributed by atoms with Gasteiger partial charge in [0.1, 0.15) is 28.2 Å². The Morgan fingerprint density at radius 1 is 1.04 bits per heavy atom. The summed E-state index contributed by atoms with van der Waals surface area (Å²) in [6, 6.07) is 2.70. The van der Waals surface area contributed by atoms with Crippen molar-refractivity contribution >= 4 is 11.0 Å². The van der Waals surface area contributed by atoms with Gasteiger partial charge in [-0.3, -0.25) is 4.79 Å². The Morgan fingerprint density at radius 3 is 2.53 bits per heavy atom. The van der Waals surface area contributed by atoms with Gasteiger partial charge in [0.2, 0.25) is 0 Å². The molecule has 2 aromatic rings. The van der Waals surface area contributed by atoms with E-state index in [1.54, 1.807) is 12.5 Å². The summed E-state index contributed by atoms with van der Waals surface area (Å²) in [4.78, 5) is 11.9. The van der Waals surface area contributed by atoms with Gasteiger partial charge in [0.25, 0.3) is 0 Å². The van der Waals surface area contributed by atoms with Crippen LogP contribution in [0.15, 0.2) is 44.6 Å². The van der Waals surface area contributed by atoms with Crippen LogP contribution in [0.2, 0.25) is 0 Å². The van der Waals surface area contributed by atoms with Gasteiger partial charge in [0.05, 0.1) is 18.8 Å². The van der Waals surface area contributed by atoms with Gasteiger partial charge >= 0.3 is 0 Å². The second kappa shape index (κ2) is 12.6. The maximum absolute atomic E-state index is 11.9. The van der Waals surface area contributed by atoms with E-state index in [1.165, 1.54) is 50.7 Å². The van der Waals surface area contributed by atoms with Crippen LogP contribution in [-0.4, -0.2) is 39.9 Å². The van der Waals surface area contributed by atoms with E-state index in [-0.39, 0.29) is 39.8 Å². The fraction of sp³-hybridized carbons (Fsp3) is 0.690. The number of hydrogen-bond acceptors (Lipinski definition) is 7. The van der Waals surface area contributed by atoms with E-state index in [1.807, 2.05) is 19.9 Å². The van der Waals surface area contributed by atoms with Gasteiger partial charge in [-0.15, -0.1) is 0 Å². The Hall–Kier alpha value is -2.61. The summed E-state index contributed by atoms with van der Waals surface area (Å²) in [6.07, 6.45) is 15.8. The lowest BCUT2D eigenvalue weighted by Crippen LogP contribution is -2.50. The topological polar surface area (TPSA) is 109 Å². The zero-order valence-corrected chi connectivity index (χ0v) is 30.7. The molecule has 8 rings (SSSR count). The molecule has 1 spiro atoms. The maximum Gasteiger partial charge on any atom is 0.196 e. The van der Waals surface area contributed by atoms with Crippen molar-refractivity contribution in [2.45, 2.75) is 131 Å². The third kappa shape index (κ3) is 5.70. The van der Waals surface area contributed by atoms with Gasteiger partial charge in [-0.1, -0.05) is 51.0 Å². The zero-order valence-electron chi connectivity index (χ0n) is 30.7. The standard InChI is InChI=1S/C27H42O3.C15H16O4/c1-16-7-12-27(29-15-16)17(2)24-23(30-27)14-22-20-6-5-18-13-19(28)8-10-25(18,3)21(20)9-11-26(22,24)4;1-8(2)4-5-10-11(16)7-13-14(15(10)18)12(17)6-9(3)19-13/h9,16-20,22-24,28H,5-8,10-15H2,1-4H3;4,6-7,16,18H,5H2,1-3H3. The summed E-state index contributed by atoms with van der Waals surface area (Å²) in [5.41, 5.74) is 3.75. The lowest BCUT2D eigenvalue weighted by atomic mass is 9.48. The van der Waals surface area contributed by atoms with E-state index in [0.717, 1.165) is 43.3 Å². The molecule has 0 bridgehead atoms. The number of aromatic hydroxyl groups is 2. The molecule has 11 unspecified atom stereocenters. The van der Waals surface area contributed by atoms with Gasteiger partial charge in [-0.2, -0.15) is 0 Å². The Morgan fingerprint density at radius 2 is 1.82 bits per heavy atom. The van der Waals surface area contributed by atoms with Crippen molar-refractivity contribution in [1.29, 1.82) is 0 Å². The molecule has 3 saturated carbocycles. The Kier molecular flexibility index (Phi) is 8.92. The van der Waals surface area contributed by atoms with Gasteiger partial charge in [0, 0.05) is 30.0 Å². The molecule has 2 saturated heterocycles. The summed E-state index contributed by atoms with van der Waals surface area (Å²) in [5, 5.41) is 30.5. The maximum atomic E-state index is 11.9. The number of hydrogen-bond donors (Lipinski definition) is 3. The first-order chi connectivity index (χ1) is 23.2. The minimum Gasteiger partial charge on any atom is -0.507 e. The van der Waals surface area contributed by atoms with Crippen LogP contribution in [0.3, 0.4) is 0 Å². The zero-order chi connectivity index (χ0) is 35.0. The number of rotatable bonds is 2. The van der Waals surface area contributed by atoms with Crippen LogP contribution in [0.25, 0.3) is 11.0 Å². The number of allylic oxidation sites excluding steroid dienone is 4. The lowest BCUT2D eigenvalue weighted by molar-refractivity contribution is -0.272. The van der Waals surface area contributed by atoms with Crippen LogP contribution in [0.1, 0.15) is 111 Å². The quantitative estimate of drug-likeness (QED) is 0.273. The summed E-state index contributed by atoms with van der Waals surface area (Å²) >= 11 is 0. The highest BCUT2D eigenvalue weighted by Gasteiger charge is 2.67. The number of aryl methyl sites for hydroxylation is 1. The highest BCUT2D eigenvalue weighted by atomic mass is 16.7. The van der Waals surface area contributed by atoms with Crippen LogP contribution in [-0.2, 0) is 15.9 Å². The third-order valence-electron chi connectivity index (χ3n) is 14.2. The molecule has 11 atom stereocenters. The molecule has 1 aromatic heterocycles. The molecule has 5 fully saturated rings. The molecule has 268 valence electrons. The van der Waals surface area contributed by atoms with Crippen molar-refractivity contribution in [2.75, 3.05) is 6.61 Å². The largest absolute Gasteiger partial charge is 0.507 e. The summed E-state index contributed by atoms with van der Waals surface area (Å²) in [5.74, 6) is 3.84. The highest BCUT2D eigenvalue weighted by molar-refractivity contribution is 5.86. The molecular weight excluding hydrogens is 616 g/mol. The van der Waals surface area contributed by atoms with E-state index >= 15 is 0 Å². The lowest BCUT2D eigenvalue weighted by Gasteiger charge is -2.57. The Labute approximate surface area is 291 Å². The normalized spacial score (nSPS) is 40.8. The minimum absolute atomic E-state index is 0.0661. The second-order valence-corrected chi connectivity index (χ2v) is 17.5. The van der Waals surface area contributed by atoms with Crippen molar-refractivity contribution in [3.63, 3.8) is 0 Å². The van der Waals surface area contributed by atoms with Crippen molar-refractivity contribution in [2.24, 2.45) is 46.3 Å². The molecule has 3 N–H and O–H groups in total. The van der Waals surface area contributed by atoms with E-state index in [2.05, 4.69) is 33.8 Å². The van der Waals surface area contributed by atoms with E-state index in [0.29, 0.717) is 58.4 Å². The first-order valence-electron chi connectivity index (χ1n) is 19.0. The van der Waals surface area contributed by atoms with Crippen molar-refractivity contribution in [3.05, 3.63) is 57.0 Å². The molecule has 1 aromatic carbocycles. The number of phenols is 2. The van der Waals surface area contributed by atoms with Crippen molar-refractivity contribution in [1.82, 2.24) is 0 Å². The first-order valence-corrected chi connectivity index (χ1v) is 19.0. The van der Waals surface area contributed by atoms with Crippen molar-refractivity contribution in [3.8, 4) is 11.5 Å². The average molecular weight is 675 g/mol. The minimum atomic E-state index is -0.310. The third-order valence-corrected chi connectivity index (χ3v) is 14.2. The molecule has 6 aliphatic rings. The monoisotopic (exact) mass is 674 g/mol. The molecule has 0 amide bonds. The number of aliphatic hydroxyl groups is 1. The van der Waals surface area contributed by atoms with E-state index in [4.69, 9.17) is 13.9 Å². The average Bonchev–Trinajstić information content (AvgIpc) is 3.48. The Bertz CT molecular complexity index is 1710. The molecule has 7 heteroatoms. The predicted octanol–water partition coefficient (Wildman–Crippen LogP) is 8.74. The van der Waals surface area contributed by atoms with Crippen LogP contribution in [0.4, 0.5) is 0 Å². The van der Waals surface area contributed by atoms with Crippen LogP contribution in [0.5, 0.6) is 11.5 Å². The molecular formula is C42H58O7. The van der Waals surface area contributed by atoms with E-state index < -0.39 is 0 Å². The molecule has 7 nitrogen and oxygen atoms in total. The van der Waals surface area contributed by atoms with Crippen LogP contribution in [0, 0.1) is 53.3 Å². The van der Waals surface area contributed by atoms with Gasteiger partial charge < -0.3 is 29.2 Å². The van der Waals surface area contributed by atoms with Crippen molar-refractivity contribution < 1.29 is 29.2 Å². The molecule has 2 aliphatic heterocycles. The summed E-state index contributed by atoms with van der Waals surface area (Å²) in [7, 11) is 0. The SMILES string of the molecule is CC(C)=CCc1c(O)cc2oc(C)cc(=O)c2c1O.CC1CCC2(OC1)OC1CC3C4CCC5CC(O)CCC5(C)C4=CCC3(C)C1C2C. The van der Waals surface area contributed by atoms with Gasteiger partial charge in [-0.25, -0.2) is 0 Å². The van der Waals surface area contributed by atoms with Crippen LogP contribution < -0.4 is 5.43 Å². The second-order valence-electron chi connectivity index (χ2n) is 17.5. The predicted molar refractivity (Wildman–Crippen MR) is 191 cm³/mol. The number of benzene rings is 1. The number of aliphatic hydroxyl groups excluding tert-OH is 1. The van der Waals surface area contributed by atoms with Crippen LogP contribution >= 0.6 is 0 Å². The number of fused-ring (bicyclic) bond motifs is 8. The smallest absolute Gasteiger partial charge is 0.196 e. The van der Waals surface area contributed by atoms with Gasteiger partial charge in [0.15, 0.2) is 11.2 Å². The first kappa shape index (κ1) is 34.8. The summed E-state index contributed by atoms with van der Waals surface area (Å²) in [6.45, 7) is 16.2. The molecule has 3 heterocycles. The number of phenolic OH excluding ortho intramolecular Hbond substituents is 2. The van der Waals surface area contributed by atoms with Gasteiger partial charge in [-0.05, 0) is 119 Å². The van der Waals surface area contributed by atoms with E-state index in [9.17, 15) is 20.1 Å². The number of ether oxygens (including phenoxy) is 2. The Balaban J connectivity index is 0.000000172.